The molecule has 3 nitrogen and oxygen atoms in total. The number of aryl methyl sites for hydroxylation is 2. The molecule has 14 heavy (non-hydrogen) atoms. The van der Waals surface area contributed by atoms with Crippen LogP contribution in [0.4, 0.5) is 5.69 Å². The van der Waals surface area contributed by atoms with Gasteiger partial charge in [-0.25, -0.2) is 0 Å². The normalized spacial score (nSPS) is 12.2. The first kappa shape index (κ1) is 10.6. The second kappa shape index (κ2) is 4.13. The zero-order chi connectivity index (χ0) is 10.7. The lowest BCUT2D eigenvalue weighted by Crippen LogP contribution is -2.32. The Morgan fingerprint density at radius 1 is 1.36 bits per heavy atom. The molecule has 1 amide bonds. The van der Waals surface area contributed by atoms with Crippen LogP contribution in [-0.4, -0.2) is 11.9 Å². The second-order valence-electron chi connectivity index (χ2n) is 3.54. The molecule has 0 radical (unpaired) electrons. The number of rotatable bonds is 3. The number of hydrogen-bond donors (Lipinski definition) is 2. The highest BCUT2D eigenvalue weighted by Gasteiger charge is 2.10. The van der Waals surface area contributed by atoms with Gasteiger partial charge in [0.1, 0.15) is 6.04 Å². The van der Waals surface area contributed by atoms with Crippen LogP contribution >= 0.6 is 0 Å². The van der Waals surface area contributed by atoms with E-state index in [2.05, 4.69) is 5.32 Å². The lowest BCUT2D eigenvalue weighted by molar-refractivity contribution is -0.118. The van der Waals surface area contributed by atoms with Crippen molar-refractivity contribution >= 4 is 11.6 Å². The highest BCUT2D eigenvalue weighted by atomic mass is 16.1. The number of anilines is 1. The van der Waals surface area contributed by atoms with E-state index in [1.165, 1.54) is 0 Å². The number of hydrogen-bond acceptors (Lipinski definition) is 2. The first-order valence-electron chi connectivity index (χ1n) is 4.64. The molecule has 76 valence electrons. The summed E-state index contributed by atoms with van der Waals surface area (Å²) < 4.78 is 0. The molecule has 0 spiro atoms. The van der Waals surface area contributed by atoms with Crippen LogP contribution in [0, 0.1) is 13.8 Å². The van der Waals surface area contributed by atoms with Gasteiger partial charge in [-0.3, -0.25) is 4.79 Å². The molecule has 1 aromatic rings. The van der Waals surface area contributed by atoms with E-state index in [0.717, 1.165) is 16.8 Å². The van der Waals surface area contributed by atoms with Crippen molar-refractivity contribution in [2.24, 2.45) is 5.73 Å². The molecule has 0 aromatic heterocycles. The van der Waals surface area contributed by atoms with E-state index in [9.17, 15) is 4.79 Å². The zero-order valence-corrected chi connectivity index (χ0v) is 8.79. The Morgan fingerprint density at radius 2 is 1.86 bits per heavy atom. The first-order valence-corrected chi connectivity index (χ1v) is 4.64. The van der Waals surface area contributed by atoms with E-state index < -0.39 is 0 Å². The van der Waals surface area contributed by atoms with Crippen LogP contribution in [0.25, 0.3) is 0 Å². The summed E-state index contributed by atoms with van der Waals surface area (Å²) in [6.07, 6.45) is 0. The molecular weight excluding hydrogens is 176 g/mol. The molecule has 3 heteroatoms. The molecule has 0 saturated heterocycles. The van der Waals surface area contributed by atoms with E-state index in [-0.39, 0.29) is 11.9 Å². The summed E-state index contributed by atoms with van der Waals surface area (Å²) in [7, 11) is 0. The Labute approximate surface area is 84.3 Å². The Kier molecular flexibility index (Phi) is 3.12. The van der Waals surface area contributed by atoms with E-state index in [0.29, 0.717) is 0 Å². The third-order valence-corrected chi connectivity index (χ3v) is 2.27. The van der Waals surface area contributed by atoms with Crippen molar-refractivity contribution in [3.8, 4) is 0 Å². The minimum Gasteiger partial charge on any atom is -0.373 e. The highest BCUT2D eigenvalue weighted by molar-refractivity contribution is 5.83. The van der Waals surface area contributed by atoms with Crippen molar-refractivity contribution in [2.75, 3.05) is 5.32 Å². The van der Waals surface area contributed by atoms with Crippen molar-refractivity contribution in [3.05, 3.63) is 29.3 Å². The Morgan fingerprint density at radius 3 is 2.29 bits per heavy atom. The van der Waals surface area contributed by atoms with Gasteiger partial charge in [-0.2, -0.15) is 0 Å². The lowest BCUT2D eigenvalue weighted by Gasteiger charge is -2.16. The van der Waals surface area contributed by atoms with Crippen molar-refractivity contribution < 1.29 is 4.79 Å². The number of primary amides is 1. The van der Waals surface area contributed by atoms with Gasteiger partial charge in [-0.05, 0) is 31.9 Å². The summed E-state index contributed by atoms with van der Waals surface area (Å²) in [5, 5.41) is 3.10. The van der Waals surface area contributed by atoms with Gasteiger partial charge in [0.2, 0.25) is 5.91 Å². The minimum absolute atomic E-state index is 0.338. The summed E-state index contributed by atoms with van der Waals surface area (Å²) in [5.41, 5.74) is 8.43. The van der Waals surface area contributed by atoms with Gasteiger partial charge in [0.15, 0.2) is 0 Å². The molecule has 1 aromatic carbocycles. The third kappa shape index (κ3) is 2.25. The van der Waals surface area contributed by atoms with Crippen LogP contribution in [0.1, 0.15) is 18.1 Å². The van der Waals surface area contributed by atoms with Crippen LogP contribution in [0.5, 0.6) is 0 Å². The van der Waals surface area contributed by atoms with E-state index in [4.69, 9.17) is 5.73 Å². The van der Waals surface area contributed by atoms with E-state index in [1.807, 2.05) is 32.0 Å². The standard InChI is InChI=1S/C11H16N2O/c1-7-5-4-6-8(2)10(7)13-9(3)11(12)14/h4-6,9,13H,1-3H3,(H2,12,14)/t9-/m0/s1. The summed E-state index contributed by atoms with van der Waals surface area (Å²) in [6, 6.07) is 5.66. The number of carbonyl (C=O) groups excluding carboxylic acids is 1. The Bertz CT molecular complexity index is 327. The Balaban J connectivity index is 2.91. The SMILES string of the molecule is Cc1cccc(C)c1N[C@@H](C)C(N)=O. The van der Waals surface area contributed by atoms with Crippen LogP contribution in [0.15, 0.2) is 18.2 Å². The largest absolute Gasteiger partial charge is 0.373 e. The fourth-order valence-corrected chi connectivity index (χ4v) is 1.33. The third-order valence-electron chi connectivity index (χ3n) is 2.27. The van der Waals surface area contributed by atoms with Gasteiger partial charge in [-0.1, -0.05) is 18.2 Å². The molecule has 0 saturated carbocycles. The van der Waals surface area contributed by atoms with Crippen molar-refractivity contribution in [1.29, 1.82) is 0 Å². The van der Waals surface area contributed by atoms with E-state index in [1.54, 1.807) is 6.92 Å². The van der Waals surface area contributed by atoms with Crippen LogP contribution in [-0.2, 0) is 4.79 Å². The highest BCUT2D eigenvalue weighted by Crippen LogP contribution is 2.19. The van der Waals surface area contributed by atoms with Crippen molar-refractivity contribution in [2.45, 2.75) is 26.8 Å². The van der Waals surface area contributed by atoms with E-state index >= 15 is 0 Å². The first-order chi connectivity index (χ1) is 6.52. The molecule has 0 aliphatic heterocycles. The smallest absolute Gasteiger partial charge is 0.239 e. The number of amides is 1. The molecule has 0 unspecified atom stereocenters. The maximum absolute atomic E-state index is 10.9. The predicted octanol–water partition coefficient (Wildman–Crippen LogP) is 1.59. The molecule has 0 bridgehead atoms. The Hall–Kier alpha value is -1.51. The number of nitrogens with one attached hydrogen (secondary N) is 1. The monoisotopic (exact) mass is 192 g/mol. The molecule has 0 aliphatic rings. The fraction of sp³-hybridized carbons (Fsp3) is 0.364. The maximum atomic E-state index is 10.9. The zero-order valence-electron chi connectivity index (χ0n) is 8.79. The van der Waals surface area contributed by atoms with Gasteiger partial charge in [-0.15, -0.1) is 0 Å². The van der Waals surface area contributed by atoms with Crippen LogP contribution in [0.3, 0.4) is 0 Å². The maximum Gasteiger partial charge on any atom is 0.239 e. The topological polar surface area (TPSA) is 55.1 Å². The number of carbonyl (C=O) groups is 1. The lowest BCUT2D eigenvalue weighted by atomic mass is 10.1. The molecule has 1 rings (SSSR count). The second-order valence-corrected chi connectivity index (χ2v) is 3.54. The van der Waals surface area contributed by atoms with Gasteiger partial charge < -0.3 is 11.1 Å². The fourth-order valence-electron chi connectivity index (χ4n) is 1.33. The quantitative estimate of drug-likeness (QED) is 0.764. The summed E-state index contributed by atoms with van der Waals surface area (Å²) in [4.78, 5) is 10.9. The average Bonchev–Trinajstić information content (AvgIpc) is 2.11. The summed E-state index contributed by atoms with van der Waals surface area (Å²) in [5.74, 6) is -0.340. The molecular formula is C11H16N2O. The molecule has 0 fully saturated rings. The number of benzene rings is 1. The summed E-state index contributed by atoms with van der Waals surface area (Å²) >= 11 is 0. The molecule has 3 N–H and O–H groups in total. The number of nitrogens with two attached hydrogens (primary N) is 1. The number of para-hydroxylation sites is 1. The summed E-state index contributed by atoms with van der Waals surface area (Å²) in [6.45, 7) is 5.76. The van der Waals surface area contributed by atoms with Crippen molar-refractivity contribution in [3.63, 3.8) is 0 Å². The van der Waals surface area contributed by atoms with Crippen LogP contribution in [0.2, 0.25) is 0 Å². The molecule has 0 heterocycles. The molecule has 0 aliphatic carbocycles. The van der Waals surface area contributed by atoms with Gasteiger partial charge in [0.25, 0.3) is 0 Å². The molecule has 1 atom stereocenters. The van der Waals surface area contributed by atoms with Gasteiger partial charge >= 0.3 is 0 Å². The minimum atomic E-state index is -0.340. The predicted molar refractivity (Wildman–Crippen MR) is 58.2 cm³/mol. The van der Waals surface area contributed by atoms with Crippen LogP contribution < -0.4 is 11.1 Å². The van der Waals surface area contributed by atoms with Gasteiger partial charge in [0, 0.05) is 5.69 Å². The average molecular weight is 192 g/mol. The van der Waals surface area contributed by atoms with Gasteiger partial charge in [0.05, 0.1) is 0 Å². The van der Waals surface area contributed by atoms with Crippen molar-refractivity contribution in [1.82, 2.24) is 0 Å².